The number of pyridine rings is 1. The van der Waals surface area contributed by atoms with E-state index in [1.165, 1.54) is 5.56 Å². The molecular formula is C16H23ClN6. The molecule has 1 fully saturated rings. The van der Waals surface area contributed by atoms with Crippen LogP contribution in [0.1, 0.15) is 17.2 Å². The lowest BCUT2D eigenvalue weighted by atomic mass is 10.0. The van der Waals surface area contributed by atoms with Gasteiger partial charge >= 0.3 is 0 Å². The highest BCUT2D eigenvalue weighted by atomic mass is 35.5. The fourth-order valence-electron chi connectivity index (χ4n) is 2.74. The van der Waals surface area contributed by atoms with Crippen molar-refractivity contribution in [2.75, 3.05) is 38.6 Å². The molecule has 1 N–H and O–H groups in total. The van der Waals surface area contributed by atoms with Crippen molar-refractivity contribution in [3.8, 4) is 0 Å². The van der Waals surface area contributed by atoms with Gasteiger partial charge in [-0.25, -0.2) is 9.97 Å². The molecule has 7 heteroatoms. The number of piperazine rings is 1. The van der Waals surface area contributed by atoms with Gasteiger partial charge in [-0.3, -0.25) is 9.88 Å². The van der Waals surface area contributed by atoms with Crippen molar-refractivity contribution in [2.24, 2.45) is 0 Å². The molecule has 0 aliphatic carbocycles. The molecular weight excluding hydrogens is 312 g/mol. The van der Waals surface area contributed by atoms with Crippen LogP contribution in [-0.4, -0.2) is 53.6 Å². The second-order valence-corrected chi connectivity index (χ2v) is 5.76. The summed E-state index contributed by atoms with van der Waals surface area (Å²) in [6.45, 7) is 3.85. The van der Waals surface area contributed by atoms with Crippen molar-refractivity contribution in [1.82, 2.24) is 25.2 Å². The Balaban J connectivity index is 0.00000192. The second kappa shape index (κ2) is 8.19. The SMILES string of the molecule is CN(C)c1ncc(CN2CCNCC2c2ccncc2)cn1.Cl. The van der Waals surface area contributed by atoms with E-state index in [0.29, 0.717) is 6.04 Å². The quantitative estimate of drug-likeness (QED) is 0.914. The van der Waals surface area contributed by atoms with Crippen LogP contribution in [0.4, 0.5) is 5.95 Å². The summed E-state index contributed by atoms with van der Waals surface area (Å²) in [5, 5.41) is 3.47. The van der Waals surface area contributed by atoms with Crippen LogP contribution in [0, 0.1) is 0 Å². The van der Waals surface area contributed by atoms with Gasteiger partial charge in [-0.2, -0.15) is 0 Å². The third kappa shape index (κ3) is 4.37. The van der Waals surface area contributed by atoms with Crippen molar-refractivity contribution >= 4 is 18.4 Å². The average Bonchev–Trinajstić information content (AvgIpc) is 2.57. The smallest absolute Gasteiger partial charge is 0.224 e. The maximum atomic E-state index is 4.40. The normalized spacial score (nSPS) is 18.3. The molecule has 124 valence electrons. The van der Waals surface area contributed by atoms with Crippen LogP contribution in [-0.2, 0) is 6.54 Å². The highest BCUT2D eigenvalue weighted by Gasteiger charge is 2.23. The van der Waals surface area contributed by atoms with Crippen molar-refractivity contribution in [1.29, 1.82) is 0 Å². The fraction of sp³-hybridized carbons (Fsp3) is 0.438. The zero-order valence-corrected chi connectivity index (χ0v) is 14.3. The fourth-order valence-corrected chi connectivity index (χ4v) is 2.74. The molecule has 0 radical (unpaired) electrons. The van der Waals surface area contributed by atoms with E-state index in [2.05, 4.69) is 37.3 Å². The maximum absolute atomic E-state index is 4.40. The predicted octanol–water partition coefficient (Wildman–Crippen LogP) is 1.51. The molecule has 1 aliphatic heterocycles. The first-order valence-electron chi connectivity index (χ1n) is 7.57. The molecule has 1 atom stereocenters. The highest BCUT2D eigenvalue weighted by molar-refractivity contribution is 5.85. The van der Waals surface area contributed by atoms with Crippen LogP contribution in [0.2, 0.25) is 0 Å². The molecule has 0 bridgehead atoms. The minimum atomic E-state index is 0. The third-order valence-electron chi connectivity index (χ3n) is 3.92. The molecule has 0 amide bonds. The number of halogens is 1. The van der Waals surface area contributed by atoms with E-state index < -0.39 is 0 Å². The Hall–Kier alpha value is -1.76. The lowest BCUT2D eigenvalue weighted by molar-refractivity contribution is 0.153. The zero-order valence-electron chi connectivity index (χ0n) is 13.5. The third-order valence-corrected chi connectivity index (χ3v) is 3.92. The summed E-state index contributed by atoms with van der Waals surface area (Å²) in [5.41, 5.74) is 2.44. The van der Waals surface area contributed by atoms with E-state index in [1.807, 2.05) is 43.8 Å². The van der Waals surface area contributed by atoms with Gasteiger partial charge in [-0.15, -0.1) is 12.4 Å². The van der Waals surface area contributed by atoms with E-state index in [-0.39, 0.29) is 12.4 Å². The van der Waals surface area contributed by atoms with Crippen molar-refractivity contribution in [3.63, 3.8) is 0 Å². The Labute approximate surface area is 143 Å². The number of hydrogen-bond acceptors (Lipinski definition) is 6. The van der Waals surface area contributed by atoms with Crippen LogP contribution in [0.3, 0.4) is 0 Å². The van der Waals surface area contributed by atoms with E-state index in [9.17, 15) is 0 Å². The van der Waals surface area contributed by atoms with Gasteiger partial charge in [0.15, 0.2) is 0 Å². The van der Waals surface area contributed by atoms with Crippen LogP contribution in [0.25, 0.3) is 0 Å². The molecule has 0 spiro atoms. The topological polar surface area (TPSA) is 57.2 Å². The largest absolute Gasteiger partial charge is 0.347 e. The number of aromatic nitrogens is 3. The molecule has 6 nitrogen and oxygen atoms in total. The number of nitrogens with one attached hydrogen (secondary N) is 1. The monoisotopic (exact) mass is 334 g/mol. The summed E-state index contributed by atoms with van der Waals surface area (Å²) in [6, 6.07) is 4.55. The molecule has 2 aromatic rings. The molecule has 0 aromatic carbocycles. The Bertz CT molecular complexity index is 589. The summed E-state index contributed by atoms with van der Waals surface area (Å²) in [7, 11) is 3.90. The van der Waals surface area contributed by atoms with Gasteiger partial charge in [-0.05, 0) is 17.7 Å². The molecule has 0 saturated carbocycles. The molecule has 1 aliphatic rings. The summed E-state index contributed by atoms with van der Waals surface area (Å²) >= 11 is 0. The van der Waals surface area contributed by atoms with E-state index in [0.717, 1.165) is 37.7 Å². The van der Waals surface area contributed by atoms with E-state index >= 15 is 0 Å². The summed E-state index contributed by atoms with van der Waals surface area (Å²) in [5.74, 6) is 0.745. The number of hydrogen-bond donors (Lipinski definition) is 1. The molecule has 1 unspecified atom stereocenters. The number of nitrogens with zero attached hydrogens (tertiary/aromatic N) is 5. The second-order valence-electron chi connectivity index (χ2n) is 5.76. The van der Waals surface area contributed by atoms with Crippen molar-refractivity contribution in [3.05, 3.63) is 48.0 Å². The van der Waals surface area contributed by atoms with Crippen molar-refractivity contribution < 1.29 is 0 Å². The Morgan fingerprint density at radius 1 is 1.22 bits per heavy atom. The number of anilines is 1. The van der Waals surface area contributed by atoms with Gasteiger partial charge in [0.2, 0.25) is 5.95 Å². The van der Waals surface area contributed by atoms with Gasteiger partial charge in [0.1, 0.15) is 0 Å². The number of rotatable bonds is 4. The maximum Gasteiger partial charge on any atom is 0.224 e. The van der Waals surface area contributed by atoms with Gasteiger partial charge in [0.25, 0.3) is 0 Å². The molecule has 23 heavy (non-hydrogen) atoms. The Morgan fingerprint density at radius 3 is 2.57 bits per heavy atom. The van der Waals surface area contributed by atoms with Crippen LogP contribution < -0.4 is 10.2 Å². The van der Waals surface area contributed by atoms with Gasteiger partial charge < -0.3 is 10.2 Å². The van der Waals surface area contributed by atoms with E-state index in [4.69, 9.17) is 0 Å². The first-order valence-corrected chi connectivity index (χ1v) is 7.57. The summed E-state index contributed by atoms with van der Waals surface area (Å²) in [6.07, 6.45) is 7.57. The molecule has 3 rings (SSSR count). The highest BCUT2D eigenvalue weighted by Crippen LogP contribution is 2.23. The minimum absolute atomic E-state index is 0. The standard InChI is InChI=1S/C16H22N6.ClH/c1-21(2)16-19-9-13(10-20-16)12-22-8-7-18-11-15(22)14-3-5-17-6-4-14;/h3-6,9-10,15,18H,7-8,11-12H2,1-2H3;1H. The summed E-state index contributed by atoms with van der Waals surface area (Å²) < 4.78 is 0. The molecule has 1 saturated heterocycles. The van der Waals surface area contributed by atoms with Gasteiger partial charge in [0, 0.05) is 76.7 Å². The van der Waals surface area contributed by atoms with Crippen LogP contribution in [0.5, 0.6) is 0 Å². The minimum Gasteiger partial charge on any atom is -0.347 e. The van der Waals surface area contributed by atoms with Gasteiger partial charge in [0.05, 0.1) is 0 Å². The first-order chi connectivity index (χ1) is 10.7. The predicted molar refractivity (Wildman–Crippen MR) is 93.9 cm³/mol. The zero-order chi connectivity index (χ0) is 15.4. The molecule has 2 aromatic heterocycles. The summed E-state index contributed by atoms with van der Waals surface area (Å²) in [4.78, 5) is 17.3. The van der Waals surface area contributed by atoms with E-state index in [1.54, 1.807) is 0 Å². The average molecular weight is 335 g/mol. The van der Waals surface area contributed by atoms with Crippen LogP contribution >= 0.6 is 12.4 Å². The Kier molecular flexibility index (Phi) is 6.27. The lowest BCUT2D eigenvalue weighted by Crippen LogP contribution is -2.45. The molecule has 3 heterocycles. The lowest BCUT2D eigenvalue weighted by Gasteiger charge is -2.36. The van der Waals surface area contributed by atoms with Crippen molar-refractivity contribution in [2.45, 2.75) is 12.6 Å². The van der Waals surface area contributed by atoms with Gasteiger partial charge in [-0.1, -0.05) is 0 Å². The Morgan fingerprint density at radius 2 is 1.91 bits per heavy atom. The first kappa shape index (κ1) is 17.6. The van der Waals surface area contributed by atoms with Crippen LogP contribution in [0.15, 0.2) is 36.9 Å².